The Hall–Kier alpha value is -1.49. The van der Waals surface area contributed by atoms with Gasteiger partial charge in [0.2, 0.25) is 0 Å². The number of carbonyl (C=O) groups is 1. The summed E-state index contributed by atoms with van der Waals surface area (Å²) in [6, 6.07) is 2.18. The van der Waals surface area contributed by atoms with Crippen LogP contribution in [0.1, 0.15) is 18.1 Å². The standard InChI is InChI=1S/C13H15F2NO2/c1-3-18-12(17)13(16-2)6-8-9(7-13)11(15)5-4-10(8)14/h4-5,16H,3,6-7H2,1-2H3. The molecule has 1 aromatic rings. The second kappa shape index (κ2) is 4.65. The number of halogens is 2. The van der Waals surface area contributed by atoms with Gasteiger partial charge in [-0.3, -0.25) is 4.79 Å². The number of nitrogens with one attached hydrogen (secondary N) is 1. The van der Waals surface area contributed by atoms with E-state index in [0.29, 0.717) is 0 Å². The number of likely N-dealkylation sites (N-methyl/N-ethyl adjacent to an activating group) is 1. The Morgan fingerprint density at radius 1 is 1.33 bits per heavy atom. The molecule has 0 saturated carbocycles. The highest BCUT2D eigenvalue weighted by Crippen LogP contribution is 2.34. The Balaban J connectivity index is 2.39. The van der Waals surface area contributed by atoms with Crippen molar-refractivity contribution >= 4 is 5.97 Å². The van der Waals surface area contributed by atoms with Crippen molar-refractivity contribution in [3.8, 4) is 0 Å². The summed E-state index contributed by atoms with van der Waals surface area (Å²) in [7, 11) is 1.60. The van der Waals surface area contributed by atoms with Gasteiger partial charge in [0.05, 0.1) is 6.61 Å². The lowest BCUT2D eigenvalue weighted by Gasteiger charge is -2.25. The fourth-order valence-corrected chi connectivity index (χ4v) is 2.38. The highest BCUT2D eigenvalue weighted by Gasteiger charge is 2.46. The van der Waals surface area contributed by atoms with Crippen molar-refractivity contribution in [2.24, 2.45) is 0 Å². The van der Waals surface area contributed by atoms with Crippen molar-refractivity contribution in [2.75, 3.05) is 13.7 Å². The first kappa shape index (κ1) is 13.0. The first-order valence-corrected chi connectivity index (χ1v) is 5.86. The molecule has 1 aromatic carbocycles. The number of carbonyl (C=O) groups excluding carboxylic acids is 1. The summed E-state index contributed by atoms with van der Waals surface area (Å²) in [4.78, 5) is 12.0. The van der Waals surface area contributed by atoms with Crippen molar-refractivity contribution in [3.63, 3.8) is 0 Å². The van der Waals surface area contributed by atoms with Gasteiger partial charge in [0, 0.05) is 12.8 Å². The van der Waals surface area contributed by atoms with Crippen molar-refractivity contribution in [2.45, 2.75) is 25.3 Å². The summed E-state index contributed by atoms with van der Waals surface area (Å²) >= 11 is 0. The van der Waals surface area contributed by atoms with Crippen LogP contribution < -0.4 is 5.32 Å². The van der Waals surface area contributed by atoms with Gasteiger partial charge in [-0.15, -0.1) is 0 Å². The lowest BCUT2D eigenvalue weighted by Crippen LogP contribution is -2.52. The molecular formula is C13H15F2NO2. The molecule has 0 saturated heterocycles. The van der Waals surface area contributed by atoms with E-state index in [2.05, 4.69) is 5.32 Å². The minimum atomic E-state index is -1.05. The zero-order chi connectivity index (χ0) is 13.3. The van der Waals surface area contributed by atoms with E-state index >= 15 is 0 Å². The third-order valence-corrected chi connectivity index (χ3v) is 3.42. The van der Waals surface area contributed by atoms with E-state index in [0.717, 1.165) is 12.1 Å². The maximum Gasteiger partial charge on any atom is 0.327 e. The van der Waals surface area contributed by atoms with Crippen LogP contribution in [0, 0.1) is 11.6 Å². The molecule has 0 unspecified atom stereocenters. The number of hydrogen-bond donors (Lipinski definition) is 1. The minimum absolute atomic E-state index is 0.112. The first-order chi connectivity index (χ1) is 8.54. The van der Waals surface area contributed by atoms with Gasteiger partial charge in [0.1, 0.15) is 17.2 Å². The van der Waals surface area contributed by atoms with E-state index in [9.17, 15) is 13.6 Å². The van der Waals surface area contributed by atoms with Crippen molar-refractivity contribution in [1.29, 1.82) is 0 Å². The van der Waals surface area contributed by atoms with Crippen LogP contribution in [0.25, 0.3) is 0 Å². The highest BCUT2D eigenvalue weighted by molar-refractivity contribution is 5.83. The van der Waals surface area contributed by atoms with E-state index in [4.69, 9.17) is 4.74 Å². The third-order valence-electron chi connectivity index (χ3n) is 3.42. The average Bonchev–Trinajstić information content (AvgIpc) is 2.77. The molecule has 0 radical (unpaired) electrons. The van der Waals surface area contributed by atoms with Crippen LogP contribution in [0.3, 0.4) is 0 Å². The zero-order valence-electron chi connectivity index (χ0n) is 10.3. The molecule has 3 nitrogen and oxygen atoms in total. The third kappa shape index (κ3) is 1.88. The summed E-state index contributed by atoms with van der Waals surface area (Å²) in [6.45, 7) is 1.94. The van der Waals surface area contributed by atoms with Gasteiger partial charge in [-0.25, -0.2) is 8.78 Å². The quantitative estimate of drug-likeness (QED) is 0.833. The molecule has 0 bridgehead atoms. The van der Waals surface area contributed by atoms with Crippen molar-refractivity contribution < 1.29 is 18.3 Å². The summed E-state index contributed by atoms with van der Waals surface area (Å²) in [5.74, 6) is -1.43. The van der Waals surface area contributed by atoms with Gasteiger partial charge in [-0.1, -0.05) is 0 Å². The van der Waals surface area contributed by atoms with E-state index in [1.165, 1.54) is 0 Å². The maximum atomic E-state index is 13.7. The Labute approximate surface area is 104 Å². The maximum absolute atomic E-state index is 13.7. The molecule has 0 spiro atoms. The Kier molecular flexibility index (Phi) is 3.34. The summed E-state index contributed by atoms with van der Waals surface area (Å²) in [5, 5.41) is 2.86. The van der Waals surface area contributed by atoms with Crippen molar-refractivity contribution in [1.82, 2.24) is 5.32 Å². The molecule has 18 heavy (non-hydrogen) atoms. The second-order valence-corrected chi connectivity index (χ2v) is 4.39. The molecule has 0 amide bonds. The normalized spacial score (nSPS) is 16.4. The predicted octanol–water partition coefficient (Wildman–Crippen LogP) is 1.58. The predicted molar refractivity (Wildman–Crippen MR) is 62.2 cm³/mol. The molecule has 0 aromatic heterocycles. The minimum Gasteiger partial charge on any atom is -0.465 e. The van der Waals surface area contributed by atoms with Crippen LogP contribution in [-0.2, 0) is 22.4 Å². The molecular weight excluding hydrogens is 240 g/mol. The van der Waals surface area contributed by atoms with Gasteiger partial charge in [-0.05, 0) is 37.2 Å². The fraction of sp³-hybridized carbons (Fsp3) is 0.462. The molecule has 0 heterocycles. The van der Waals surface area contributed by atoms with Crippen LogP contribution in [0.2, 0.25) is 0 Å². The van der Waals surface area contributed by atoms with Crippen LogP contribution in [-0.4, -0.2) is 25.2 Å². The molecule has 0 aliphatic heterocycles. The lowest BCUT2D eigenvalue weighted by atomic mass is 9.96. The van der Waals surface area contributed by atoms with E-state index in [1.807, 2.05) is 0 Å². The van der Waals surface area contributed by atoms with Gasteiger partial charge in [0.25, 0.3) is 0 Å². The Morgan fingerprint density at radius 2 is 1.83 bits per heavy atom. The van der Waals surface area contributed by atoms with Crippen molar-refractivity contribution in [3.05, 3.63) is 34.9 Å². The monoisotopic (exact) mass is 255 g/mol. The SMILES string of the molecule is CCOC(=O)C1(NC)Cc2c(F)ccc(F)c2C1. The van der Waals surface area contributed by atoms with E-state index in [1.54, 1.807) is 14.0 Å². The van der Waals surface area contributed by atoms with Crippen LogP contribution in [0.5, 0.6) is 0 Å². The average molecular weight is 255 g/mol. The highest BCUT2D eigenvalue weighted by atomic mass is 19.1. The van der Waals surface area contributed by atoms with E-state index < -0.39 is 23.1 Å². The number of ether oxygens (including phenoxy) is 1. The Bertz CT molecular complexity index is 457. The smallest absolute Gasteiger partial charge is 0.327 e. The van der Waals surface area contributed by atoms with Gasteiger partial charge >= 0.3 is 5.97 Å². The number of rotatable bonds is 3. The molecule has 5 heteroatoms. The fourth-order valence-electron chi connectivity index (χ4n) is 2.38. The molecule has 98 valence electrons. The number of fused-ring (bicyclic) bond motifs is 1. The van der Waals surface area contributed by atoms with Gasteiger partial charge < -0.3 is 10.1 Å². The molecule has 1 N–H and O–H groups in total. The molecule has 2 rings (SSSR count). The number of esters is 1. The zero-order valence-corrected chi connectivity index (χ0v) is 10.3. The summed E-state index contributed by atoms with van der Waals surface area (Å²) < 4.78 is 32.3. The van der Waals surface area contributed by atoms with Gasteiger partial charge in [0.15, 0.2) is 0 Å². The largest absolute Gasteiger partial charge is 0.465 e. The molecule has 0 atom stereocenters. The topological polar surface area (TPSA) is 38.3 Å². The molecule has 0 fully saturated rings. The van der Waals surface area contributed by atoms with Crippen LogP contribution in [0.4, 0.5) is 8.78 Å². The molecule has 1 aliphatic rings. The number of benzene rings is 1. The summed E-state index contributed by atoms with van der Waals surface area (Å²) in [5.41, 5.74) is -0.531. The van der Waals surface area contributed by atoms with Crippen LogP contribution in [0.15, 0.2) is 12.1 Å². The van der Waals surface area contributed by atoms with E-state index in [-0.39, 0.29) is 30.6 Å². The lowest BCUT2D eigenvalue weighted by molar-refractivity contribution is -0.150. The van der Waals surface area contributed by atoms with Gasteiger partial charge in [-0.2, -0.15) is 0 Å². The summed E-state index contributed by atoms with van der Waals surface area (Å²) in [6.07, 6.45) is 0.225. The second-order valence-electron chi connectivity index (χ2n) is 4.39. The first-order valence-electron chi connectivity index (χ1n) is 5.86. The van der Waals surface area contributed by atoms with Crippen LogP contribution >= 0.6 is 0 Å². The molecule has 1 aliphatic carbocycles. The number of hydrogen-bond acceptors (Lipinski definition) is 3. The Morgan fingerprint density at radius 3 is 2.22 bits per heavy atom.